The first-order valence-electron chi connectivity index (χ1n) is 12.3. The predicted molar refractivity (Wildman–Crippen MR) is 116 cm³/mol. The van der Waals surface area contributed by atoms with Gasteiger partial charge in [-0.25, -0.2) is 0 Å². The van der Waals surface area contributed by atoms with Gasteiger partial charge in [0, 0.05) is 24.4 Å². The van der Waals surface area contributed by atoms with Crippen LogP contribution in [0.1, 0.15) is 90.9 Å². The van der Waals surface area contributed by atoms with Crippen LogP contribution in [-0.2, 0) is 9.53 Å². The van der Waals surface area contributed by atoms with Crippen molar-refractivity contribution < 1.29 is 19.7 Å². The fourth-order valence-electron chi connectivity index (χ4n) is 6.03. The third-order valence-corrected chi connectivity index (χ3v) is 7.79. The average molecular weight is 407 g/mol. The van der Waals surface area contributed by atoms with E-state index in [4.69, 9.17) is 4.74 Å². The van der Waals surface area contributed by atoms with Crippen molar-refractivity contribution in [2.45, 2.75) is 109 Å². The molecule has 0 aromatic carbocycles. The number of ether oxygens (including phenoxy) is 1. The molecule has 0 heterocycles. The fraction of sp³-hybridized carbons (Fsp3) is 0.880. The highest BCUT2D eigenvalue weighted by molar-refractivity contribution is 5.97. The fourth-order valence-corrected chi connectivity index (χ4v) is 6.03. The van der Waals surface area contributed by atoms with Crippen LogP contribution >= 0.6 is 0 Å². The van der Waals surface area contributed by atoms with Gasteiger partial charge in [0.25, 0.3) is 0 Å². The summed E-state index contributed by atoms with van der Waals surface area (Å²) in [7, 11) is 0. The van der Waals surface area contributed by atoms with Crippen LogP contribution in [0, 0.1) is 23.7 Å². The molecule has 0 aromatic rings. The van der Waals surface area contributed by atoms with Gasteiger partial charge >= 0.3 is 0 Å². The molecule has 3 fully saturated rings. The maximum atomic E-state index is 13.2. The quantitative estimate of drug-likeness (QED) is 0.403. The summed E-state index contributed by atoms with van der Waals surface area (Å²) < 4.78 is 6.28. The van der Waals surface area contributed by atoms with Crippen molar-refractivity contribution in [1.29, 1.82) is 0 Å². The number of ketones is 1. The van der Waals surface area contributed by atoms with Crippen molar-refractivity contribution in [2.24, 2.45) is 23.7 Å². The number of aliphatic hydroxyl groups excluding tert-OH is 2. The van der Waals surface area contributed by atoms with Crippen molar-refractivity contribution in [3.63, 3.8) is 0 Å². The van der Waals surface area contributed by atoms with Crippen molar-refractivity contribution in [1.82, 2.24) is 0 Å². The third kappa shape index (κ3) is 4.80. The summed E-state index contributed by atoms with van der Waals surface area (Å²) in [6.45, 7) is 4.91. The molecular weight excluding hydrogens is 364 g/mol. The number of carbonyl (C=O) groups excluding carboxylic acids is 1. The summed E-state index contributed by atoms with van der Waals surface area (Å²) in [6, 6.07) is 0. The molecular formula is C25H42O4. The summed E-state index contributed by atoms with van der Waals surface area (Å²) in [5, 5.41) is 21.5. The van der Waals surface area contributed by atoms with Gasteiger partial charge in [-0.15, -0.1) is 0 Å². The molecule has 3 aliphatic carbocycles. The molecule has 0 radical (unpaired) electrons. The highest BCUT2D eigenvalue weighted by atomic mass is 16.5. The minimum absolute atomic E-state index is 0.00648. The molecule has 4 nitrogen and oxygen atoms in total. The van der Waals surface area contributed by atoms with E-state index < -0.39 is 17.8 Å². The first kappa shape index (κ1) is 23.0. The SMILES string of the molecule is CCCCO[C@@]12CC[C@H](O)[C@@H](/C=C/[C@H](O)C3CCCCC3)[C@@H]1C(CCCC)C2=O. The van der Waals surface area contributed by atoms with E-state index in [-0.39, 0.29) is 23.5 Å². The van der Waals surface area contributed by atoms with Crippen LogP contribution in [0.2, 0.25) is 0 Å². The smallest absolute Gasteiger partial charge is 0.168 e. The summed E-state index contributed by atoms with van der Waals surface area (Å²) in [5.74, 6) is 0.559. The Kier molecular flexibility index (Phi) is 8.35. The number of carbonyl (C=O) groups is 1. The zero-order valence-electron chi connectivity index (χ0n) is 18.5. The Bertz CT molecular complexity index is 553. The second-order valence-electron chi connectivity index (χ2n) is 9.69. The molecule has 3 rings (SSSR count). The lowest BCUT2D eigenvalue weighted by molar-refractivity contribution is -0.217. The average Bonchev–Trinajstić information content (AvgIpc) is 2.75. The molecule has 0 aliphatic heterocycles. The summed E-state index contributed by atoms with van der Waals surface area (Å²) in [5.41, 5.74) is -0.697. The van der Waals surface area contributed by atoms with Gasteiger partial charge in [0.15, 0.2) is 5.78 Å². The second-order valence-corrected chi connectivity index (χ2v) is 9.69. The minimum Gasteiger partial charge on any atom is -0.393 e. The van der Waals surface area contributed by atoms with Gasteiger partial charge in [-0.05, 0) is 44.4 Å². The Balaban J connectivity index is 1.76. The van der Waals surface area contributed by atoms with Crippen molar-refractivity contribution in [2.75, 3.05) is 6.61 Å². The molecule has 3 aliphatic rings. The first-order valence-corrected chi connectivity index (χ1v) is 12.3. The molecule has 166 valence electrons. The lowest BCUT2D eigenvalue weighted by Gasteiger charge is -2.59. The van der Waals surface area contributed by atoms with Crippen molar-refractivity contribution in [3.8, 4) is 0 Å². The molecule has 4 heteroatoms. The topological polar surface area (TPSA) is 66.8 Å². The lowest BCUT2D eigenvalue weighted by atomic mass is 9.49. The monoisotopic (exact) mass is 406 g/mol. The second kappa shape index (κ2) is 10.5. The van der Waals surface area contributed by atoms with E-state index in [0.29, 0.717) is 25.4 Å². The Morgan fingerprint density at radius 1 is 1.14 bits per heavy atom. The molecule has 2 N–H and O–H groups in total. The van der Waals surface area contributed by atoms with Crippen LogP contribution in [0.15, 0.2) is 12.2 Å². The molecule has 0 aromatic heterocycles. The van der Waals surface area contributed by atoms with Crippen molar-refractivity contribution >= 4 is 5.78 Å². The summed E-state index contributed by atoms with van der Waals surface area (Å²) >= 11 is 0. The Morgan fingerprint density at radius 2 is 1.86 bits per heavy atom. The Hall–Kier alpha value is -0.710. The molecule has 3 saturated carbocycles. The zero-order valence-corrected chi connectivity index (χ0v) is 18.5. The van der Waals surface area contributed by atoms with Gasteiger partial charge in [-0.2, -0.15) is 0 Å². The van der Waals surface area contributed by atoms with E-state index in [1.807, 2.05) is 12.2 Å². The van der Waals surface area contributed by atoms with E-state index in [9.17, 15) is 15.0 Å². The molecule has 0 amide bonds. The Morgan fingerprint density at radius 3 is 2.55 bits per heavy atom. The summed E-state index contributed by atoms with van der Waals surface area (Å²) in [4.78, 5) is 13.2. The standard InChI is InChI=1S/C25H42O4/c1-3-5-12-20-23-19(13-14-21(26)18-10-8-7-9-11-18)22(27)15-16-25(23,24(20)28)29-17-6-4-2/h13-14,18-23,26-27H,3-12,15-17H2,1-2H3/b14-13+/t19-,20?,21+,22+,23-,25+/m1/s1. The molecule has 0 saturated heterocycles. The molecule has 0 spiro atoms. The lowest BCUT2D eigenvalue weighted by Crippen LogP contribution is -2.70. The highest BCUT2D eigenvalue weighted by Crippen LogP contribution is 2.56. The normalized spacial score (nSPS) is 36.8. The van der Waals surface area contributed by atoms with Gasteiger partial charge in [0.1, 0.15) is 5.60 Å². The van der Waals surface area contributed by atoms with Crippen molar-refractivity contribution in [3.05, 3.63) is 12.2 Å². The largest absolute Gasteiger partial charge is 0.393 e. The van der Waals surface area contributed by atoms with E-state index in [1.54, 1.807) is 0 Å². The van der Waals surface area contributed by atoms with Crippen LogP contribution in [0.5, 0.6) is 0 Å². The maximum Gasteiger partial charge on any atom is 0.168 e. The number of unbranched alkanes of at least 4 members (excludes halogenated alkanes) is 2. The number of fused-ring (bicyclic) bond motifs is 1. The minimum atomic E-state index is -0.697. The number of hydrogen-bond acceptors (Lipinski definition) is 4. The number of rotatable bonds is 10. The van der Waals surface area contributed by atoms with E-state index in [1.165, 1.54) is 19.3 Å². The number of hydrogen-bond donors (Lipinski definition) is 2. The van der Waals surface area contributed by atoms with E-state index >= 15 is 0 Å². The highest BCUT2D eigenvalue weighted by Gasteiger charge is 2.66. The predicted octanol–water partition coefficient (Wildman–Crippen LogP) is 4.82. The van der Waals surface area contributed by atoms with Crippen LogP contribution in [0.25, 0.3) is 0 Å². The van der Waals surface area contributed by atoms with Gasteiger partial charge in [-0.3, -0.25) is 4.79 Å². The van der Waals surface area contributed by atoms with Gasteiger partial charge < -0.3 is 14.9 Å². The van der Waals surface area contributed by atoms with Crippen LogP contribution in [0.4, 0.5) is 0 Å². The van der Waals surface area contributed by atoms with Gasteiger partial charge in [0.05, 0.1) is 12.2 Å². The van der Waals surface area contributed by atoms with Crippen LogP contribution in [-0.4, -0.2) is 40.4 Å². The molecule has 1 unspecified atom stereocenters. The maximum absolute atomic E-state index is 13.2. The summed E-state index contributed by atoms with van der Waals surface area (Å²) in [6.07, 6.45) is 15.2. The van der Waals surface area contributed by atoms with Gasteiger partial charge in [0.2, 0.25) is 0 Å². The van der Waals surface area contributed by atoms with Crippen LogP contribution in [0.3, 0.4) is 0 Å². The number of aliphatic hydroxyl groups is 2. The molecule has 6 atom stereocenters. The van der Waals surface area contributed by atoms with E-state index in [2.05, 4.69) is 13.8 Å². The number of Topliss-reactive ketones (excluding diaryl/α,β-unsaturated/α-hetero) is 1. The Labute approximate surface area is 177 Å². The third-order valence-electron chi connectivity index (χ3n) is 7.79. The molecule has 0 bridgehead atoms. The first-order chi connectivity index (χ1) is 14.0. The molecule has 29 heavy (non-hydrogen) atoms. The van der Waals surface area contributed by atoms with Gasteiger partial charge in [-0.1, -0.05) is 64.5 Å². The van der Waals surface area contributed by atoms with Crippen LogP contribution < -0.4 is 0 Å². The van der Waals surface area contributed by atoms with E-state index in [0.717, 1.165) is 44.9 Å². The zero-order chi connectivity index (χ0) is 20.9.